The maximum absolute atomic E-state index is 12.7. The molecule has 0 fully saturated rings. The molecule has 1 aromatic carbocycles. The summed E-state index contributed by atoms with van der Waals surface area (Å²) in [6, 6.07) is 10.6. The van der Waals surface area contributed by atoms with Crippen LogP contribution in [0.3, 0.4) is 0 Å². The molecule has 1 heterocycles. The number of nitrogens with two attached hydrogens (primary N) is 1. The first kappa shape index (κ1) is 16.0. The maximum Gasteiger partial charge on any atom is 0.255 e. The predicted octanol–water partition coefficient (Wildman–Crippen LogP) is 3.65. The highest BCUT2D eigenvalue weighted by molar-refractivity contribution is 5.62. The second-order valence-corrected chi connectivity index (χ2v) is 6.45. The van der Waals surface area contributed by atoms with Gasteiger partial charge in [-0.1, -0.05) is 31.5 Å². The van der Waals surface area contributed by atoms with Gasteiger partial charge in [0.25, 0.3) is 5.56 Å². The van der Waals surface area contributed by atoms with E-state index in [1.54, 1.807) is 0 Å². The summed E-state index contributed by atoms with van der Waals surface area (Å²) in [5, 5.41) is 0. The van der Waals surface area contributed by atoms with Gasteiger partial charge in [-0.25, -0.2) is 0 Å². The Morgan fingerprint density at radius 2 is 1.87 bits per heavy atom. The van der Waals surface area contributed by atoms with Crippen molar-refractivity contribution in [1.29, 1.82) is 0 Å². The third-order valence-electron chi connectivity index (χ3n) is 4.85. The molecule has 1 aliphatic rings. The van der Waals surface area contributed by atoms with Crippen LogP contribution in [0, 0.1) is 0 Å². The largest absolute Gasteiger partial charge is 0.326 e. The fraction of sp³-hybridized carbons (Fsp3) is 0.450. The van der Waals surface area contributed by atoms with Crippen LogP contribution in [0.1, 0.15) is 49.3 Å². The van der Waals surface area contributed by atoms with Gasteiger partial charge in [-0.15, -0.1) is 0 Å². The Morgan fingerprint density at radius 3 is 2.61 bits per heavy atom. The summed E-state index contributed by atoms with van der Waals surface area (Å²) in [5.74, 6) is 0. The van der Waals surface area contributed by atoms with Crippen molar-refractivity contribution in [2.45, 2.75) is 58.5 Å². The van der Waals surface area contributed by atoms with E-state index in [0.717, 1.165) is 37.1 Å². The average Bonchev–Trinajstić information content (AvgIpc) is 2.60. The van der Waals surface area contributed by atoms with Gasteiger partial charge in [0.05, 0.1) is 5.69 Å². The molecule has 122 valence electrons. The zero-order valence-electron chi connectivity index (χ0n) is 14.0. The number of nitrogens with zero attached hydrogens (tertiary/aromatic N) is 1. The summed E-state index contributed by atoms with van der Waals surface area (Å²) in [5.41, 5.74) is 11.6. The Morgan fingerprint density at radius 1 is 1.09 bits per heavy atom. The minimum Gasteiger partial charge on any atom is -0.326 e. The number of aryl methyl sites for hydroxylation is 2. The molecule has 3 rings (SSSR count). The van der Waals surface area contributed by atoms with Crippen molar-refractivity contribution in [2.75, 3.05) is 0 Å². The third kappa shape index (κ3) is 3.25. The van der Waals surface area contributed by atoms with Gasteiger partial charge in [0.1, 0.15) is 0 Å². The van der Waals surface area contributed by atoms with Crippen molar-refractivity contribution in [3.63, 3.8) is 0 Å². The van der Waals surface area contributed by atoms with Crippen molar-refractivity contribution < 1.29 is 0 Å². The summed E-state index contributed by atoms with van der Waals surface area (Å²) in [6.07, 6.45) is 6.98. The average molecular weight is 310 g/mol. The van der Waals surface area contributed by atoms with Crippen molar-refractivity contribution in [1.82, 2.24) is 4.57 Å². The Kier molecular flexibility index (Phi) is 4.97. The minimum atomic E-state index is 0.0659. The molecule has 0 saturated carbocycles. The molecule has 2 aromatic rings. The van der Waals surface area contributed by atoms with E-state index in [2.05, 4.69) is 31.2 Å². The van der Waals surface area contributed by atoms with Gasteiger partial charge in [0.2, 0.25) is 0 Å². The first-order chi connectivity index (χ1) is 11.2. The fourth-order valence-corrected chi connectivity index (χ4v) is 3.46. The van der Waals surface area contributed by atoms with Crippen LogP contribution in [0.2, 0.25) is 0 Å². The van der Waals surface area contributed by atoms with Crippen LogP contribution in [-0.4, -0.2) is 4.57 Å². The Balaban J connectivity index is 2.08. The molecule has 0 aliphatic heterocycles. The van der Waals surface area contributed by atoms with E-state index in [-0.39, 0.29) is 5.56 Å². The van der Waals surface area contributed by atoms with E-state index in [0.29, 0.717) is 12.1 Å². The Bertz CT molecular complexity index is 746. The molecule has 3 heteroatoms. The van der Waals surface area contributed by atoms with E-state index < -0.39 is 0 Å². The number of pyridine rings is 1. The summed E-state index contributed by atoms with van der Waals surface area (Å²) in [7, 11) is 0. The predicted molar refractivity (Wildman–Crippen MR) is 95.6 cm³/mol. The third-order valence-corrected chi connectivity index (χ3v) is 4.85. The highest BCUT2D eigenvalue weighted by Gasteiger charge is 2.13. The zero-order valence-corrected chi connectivity index (χ0v) is 14.0. The van der Waals surface area contributed by atoms with Gasteiger partial charge < -0.3 is 10.3 Å². The number of hydrogen-bond acceptors (Lipinski definition) is 2. The van der Waals surface area contributed by atoms with E-state index in [9.17, 15) is 4.79 Å². The summed E-state index contributed by atoms with van der Waals surface area (Å²) < 4.78 is 1.91. The van der Waals surface area contributed by atoms with Crippen LogP contribution in [0.25, 0.3) is 11.3 Å². The summed E-state index contributed by atoms with van der Waals surface area (Å²) in [6.45, 7) is 3.21. The lowest BCUT2D eigenvalue weighted by Gasteiger charge is -2.19. The van der Waals surface area contributed by atoms with Gasteiger partial charge in [0, 0.05) is 18.7 Å². The van der Waals surface area contributed by atoms with Crippen LogP contribution in [-0.2, 0) is 25.9 Å². The quantitative estimate of drug-likeness (QED) is 0.916. The van der Waals surface area contributed by atoms with Gasteiger partial charge in [-0.3, -0.25) is 4.79 Å². The Labute approximate surface area is 138 Å². The van der Waals surface area contributed by atoms with Crippen molar-refractivity contribution in [3.05, 3.63) is 57.4 Å². The molecule has 0 bridgehead atoms. The van der Waals surface area contributed by atoms with E-state index in [4.69, 9.17) is 5.73 Å². The first-order valence-corrected chi connectivity index (χ1v) is 8.79. The standard InChI is InChI=1S/C20H26N2O/c1-2-3-12-22-19(11-10-18(14-21)20(22)23)17-9-8-15-6-4-5-7-16(15)13-17/h8-11,13H,2-7,12,14,21H2,1H3. The lowest BCUT2D eigenvalue weighted by molar-refractivity contribution is 0.613. The second-order valence-electron chi connectivity index (χ2n) is 6.45. The molecule has 3 nitrogen and oxygen atoms in total. The molecular weight excluding hydrogens is 284 g/mol. The first-order valence-electron chi connectivity index (χ1n) is 8.79. The molecule has 0 unspecified atom stereocenters. The molecule has 0 radical (unpaired) electrons. The Hall–Kier alpha value is -1.87. The number of fused-ring (bicyclic) bond motifs is 1. The lowest BCUT2D eigenvalue weighted by atomic mass is 9.90. The molecular formula is C20H26N2O. The second kappa shape index (κ2) is 7.14. The van der Waals surface area contributed by atoms with Crippen LogP contribution in [0.5, 0.6) is 0 Å². The SMILES string of the molecule is CCCCn1c(-c2ccc3c(c2)CCCC3)ccc(CN)c1=O. The van der Waals surface area contributed by atoms with Crippen molar-refractivity contribution in [2.24, 2.45) is 5.73 Å². The van der Waals surface area contributed by atoms with Crippen LogP contribution in [0.15, 0.2) is 35.1 Å². The van der Waals surface area contributed by atoms with E-state index in [1.165, 1.54) is 30.4 Å². The number of aromatic nitrogens is 1. The van der Waals surface area contributed by atoms with Gasteiger partial charge >= 0.3 is 0 Å². The molecule has 0 atom stereocenters. The monoisotopic (exact) mass is 310 g/mol. The highest BCUT2D eigenvalue weighted by atomic mass is 16.1. The lowest BCUT2D eigenvalue weighted by Crippen LogP contribution is -2.26. The van der Waals surface area contributed by atoms with Crippen LogP contribution in [0.4, 0.5) is 0 Å². The van der Waals surface area contributed by atoms with Gasteiger partial charge in [-0.05, 0) is 60.9 Å². The number of hydrogen-bond donors (Lipinski definition) is 1. The maximum atomic E-state index is 12.7. The van der Waals surface area contributed by atoms with Crippen molar-refractivity contribution in [3.8, 4) is 11.3 Å². The molecule has 0 spiro atoms. The van der Waals surface area contributed by atoms with E-state index >= 15 is 0 Å². The molecule has 1 aliphatic carbocycles. The van der Waals surface area contributed by atoms with Crippen molar-refractivity contribution >= 4 is 0 Å². The fourth-order valence-electron chi connectivity index (χ4n) is 3.46. The van der Waals surface area contributed by atoms with Gasteiger partial charge in [-0.2, -0.15) is 0 Å². The number of unbranched alkanes of at least 4 members (excludes halogenated alkanes) is 1. The molecule has 1 aromatic heterocycles. The minimum absolute atomic E-state index is 0.0659. The molecule has 0 amide bonds. The molecule has 23 heavy (non-hydrogen) atoms. The van der Waals surface area contributed by atoms with Crippen LogP contribution >= 0.6 is 0 Å². The number of rotatable bonds is 5. The summed E-state index contributed by atoms with van der Waals surface area (Å²) >= 11 is 0. The molecule has 2 N–H and O–H groups in total. The van der Waals surface area contributed by atoms with E-state index in [1.807, 2.05) is 10.6 Å². The summed E-state index contributed by atoms with van der Waals surface area (Å²) in [4.78, 5) is 12.7. The highest BCUT2D eigenvalue weighted by Crippen LogP contribution is 2.27. The van der Waals surface area contributed by atoms with Crippen LogP contribution < -0.4 is 11.3 Å². The normalized spacial score (nSPS) is 13.8. The topological polar surface area (TPSA) is 48.0 Å². The number of benzene rings is 1. The molecule has 0 saturated heterocycles. The smallest absolute Gasteiger partial charge is 0.255 e. The zero-order chi connectivity index (χ0) is 16.2. The van der Waals surface area contributed by atoms with Gasteiger partial charge in [0.15, 0.2) is 0 Å².